The first-order valence-electron chi connectivity index (χ1n) is 2.77. The van der Waals surface area contributed by atoms with Gasteiger partial charge in [0.2, 0.25) is 0 Å². The standard InChI is InChI=1S/C6H10O2/c1-2-3-6-7-4-5-8-6/h2,6H,1,3-5H2/i6+2. The molecule has 0 bridgehead atoms. The van der Waals surface area contributed by atoms with E-state index in [1.54, 1.807) is 6.08 Å². The Morgan fingerprint density at radius 3 is 2.62 bits per heavy atom. The van der Waals surface area contributed by atoms with E-state index >= 15 is 0 Å². The van der Waals surface area contributed by atoms with Crippen molar-refractivity contribution >= 4 is 0 Å². The summed E-state index contributed by atoms with van der Waals surface area (Å²) in [5.74, 6) is 0. The highest BCUT2D eigenvalue weighted by atomic mass is 17.0. The van der Waals surface area contributed by atoms with E-state index < -0.39 is 0 Å². The Morgan fingerprint density at radius 2 is 2.12 bits per heavy atom. The molecule has 0 atom stereocenters. The van der Waals surface area contributed by atoms with E-state index in [-0.39, 0.29) is 6.29 Å². The van der Waals surface area contributed by atoms with E-state index in [0.717, 1.165) is 19.6 Å². The molecule has 0 spiro atoms. The molecule has 8 heavy (non-hydrogen) atoms. The number of hydrogen-bond donors (Lipinski definition) is 0. The van der Waals surface area contributed by atoms with Gasteiger partial charge in [-0.2, -0.15) is 0 Å². The maximum atomic E-state index is 5.10. The third-order valence-electron chi connectivity index (χ3n) is 1.05. The number of ether oxygens (including phenoxy) is 2. The SMILES string of the molecule is C=CC[14CH]1OCCO1. The van der Waals surface area contributed by atoms with Crippen LogP contribution in [0.15, 0.2) is 12.7 Å². The Labute approximate surface area is 49.1 Å². The second kappa shape index (κ2) is 2.84. The predicted octanol–water partition coefficient (Wildman–Crippen LogP) is 0.935. The molecule has 1 saturated heterocycles. The molecule has 0 aromatic carbocycles. The van der Waals surface area contributed by atoms with Crippen LogP contribution in [0.2, 0.25) is 0 Å². The minimum absolute atomic E-state index is 0.00694. The highest BCUT2D eigenvalue weighted by molar-refractivity contribution is 4.69. The zero-order valence-electron chi connectivity index (χ0n) is 4.80. The molecule has 1 aliphatic heterocycles. The molecule has 2 nitrogen and oxygen atoms in total. The average molecular weight is 116 g/mol. The van der Waals surface area contributed by atoms with Gasteiger partial charge in [0, 0.05) is 6.42 Å². The van der Waals surface area contributed by atoms with Crippen molar-refractivity contribution in [2.24, 2.45) is 0 Å². The molecule has 1 fully saturated rings. The van der Waals surface area contributed by atoms with Crippen LogP contribution in [-0.2, 0) is 9.47 Å². The Morgan fingerprint density at radius 1 is 1.50 bits per heavy atom. The fraction of sp³-hybridized carbons (Fsp3) is 0.667. The van der Waals surface area contributed by atoms with E-state index in [2.05, 4.69) is 6.58 Å². The van der Waals surface area contributed by atoms with Gasteiger partial charge in [-0.15, -0.1) is 6.58 Å². The molecule has 0 aromatic rings. The molecule has 0 aromatic heterocycles. The molecule has 0 radical (unpaired) electrons. The molecule has 1 heterocycles. The van der Waals surface area contributed by atoms with Crippen LogP contribution in [0, 0.1) is 0 Å². The van der Waals surface area contributed by atoms with Crippen LogP contribution in [0.4, 0.5) is 0 Å². The molecule has 0 N–H and O–H groups in total. The van der Waals surface area contributed by atoms with Gasteiger partial charge in [-0.3, -0.25) is 0 Å². The van der Waals surface area contributed by atoms with Crippen molar-refractivity contribution in [1.82, 2.24) is 0 Å². The Hall–Kier alpha value is -0.340. The summed E-state index contributed by atoms with van der Waals surface area (Å²) in [4.78, 5) is 0. The average Bonchev–Trinajstić information content (AvgIpc) is 2.19. The smallest absolute Gasteiger partial charge is 0.161 e. The van der Waals surface area contributed by atoms with Gasteiger partial charge in [0.1, 0.15) is 0 Å². The van der Waals surface area contributed by atoms with Crippen LogP contribution in [0.1, 0.15) is 6.42 Å². The molecule has 0 amide bonds. The lowest BCUT2D eigenvalue weighted by Crippen LogP contribution is -2.04. The van der Waals surface area contributed by atoms with Gasteiger partial charge in [-0.1, -0.05) is 6.08 Å². The molecule has 46 valence electrons. The third kappa shape index (κ3) is 1.32. The van der Waals surface area contributed by atoms with Gasteiger partial charge in [0.05, 0.1) is 13.2 Å². The fourth-order valence-electron chi connectivity index (χ4n) is 0.679. The number of hydrogen-bond acceptors (Lipinski definition) is 2. The highest BCUT2D eigenvalue weighted by Gasteiger charge is 2.12. The van der Waals surface area contributed by atoms with Crippen molar-refractivity contribution in [1.29, 1.82) is 0 Å². The maximum absolute atomic E-state index is 5.10. The van der Waals surface area contributed by atoms with E-state index in [1.165, 1.54) is 0 Å². The lowest BCUT2D eigenvalue weighted by molar-refractivity contribution is -0.0379. The van der Waals surface area contributed by atoms with Crippen molar-refractivity contribution < 1.29 is 9.47 Å². The van der Waals surface area contributed by atoms with Crippen LogP contribution >= 0.6 is 0 Å². The summed E-state index contributed by atoms with van der Waals surface area (Å²) in [6.07, 6.45) is 2.60. The molecule has 0 saturated carbocycles. The zero-order valence-corrected chi connectivity index (χ0v) is 4.80. The normalized spacial score (nSPS) is 21.5. The second-order valence-electron chi connectivity index (χ2n) is 1.70. The molecule has 1 rings (SSSR count). The van der Waals surface area contributed by atoms with E-state index in [4.69, 9.17) is 9.47 Å². The molecular weight excluding hydrogens is 106 g/mol. The summed E-state index contributed by atoms with van der Waals surface area (Å²) >= 11 is 0. The fourth-order valence-corrected chi connectivity index (χ4v) is 0.679. The van der Waals surface area contributed by atoms with Crippen molar-refractivity contribution in [3.63, 3.8) is 0 Å². The lowest BCUT2D eigenvalue weighted by Gasteiger charge is -2.02. The summed E-state index contributed by atoms with van der Waals surface area (Å²) in [5, 5.41) is 0. The first-order valence-corrected chi connectivity index (χ1v) is 2.77. The van der Waals surface area contributed by atoms with Crippen LogP contribution in [-0.4, -0.2) is 19.5 Å². The van der Waals surface area contributed by atoms with Gasteiger partial charge in [0.15, 0.2) is 6.29 Å². The zero-order chi connectivity index (χ0) is 5.82. The van der Waals surface area contributed by atoms with Gasteiger partial charge in [-0.05, 0) is 0 Å². The molecule has 0 unspecified atom stereocenters. The van der Waals surface area contributed by atoms with E-state index in [9.17, 15) is 0 Å². The number of rotatable bonds is 2. The minimum Gasteiger partial charge on any atom is -0.350 e. The minimum atomic E-state index is -0.00694. The Balaban J connectivity index is 2.14. The molecule has 1 aliphatic rings. The third-order valence-corrected chi connectivity index (χ3v) is 1.05. The first-order chi connectivity index (χ1) is 3.93. The largest absolute Gasteiger partial charge is 0.350 e. The van der Waals surface area contributed by atoms with Crippen molar-refractivity contribution in [2.75, 3.05) is 13.2 Å². The topological polar surface area (TPSA) is 18.5 Å². The highest BCUT2D eigenvalue weighted by Crippen LogP contribution is 2.06. The molecule has 0 aliphatic carbocycles. The van der Waals surface area contributed by atoms with Crippen molar-refractivity contribution in [2.45, 2.75) is 12.7 Å². The van der Waals surface area contributed by atoms with Gasteiger partial charge < -0.3 is 9.47 Å². The van der Waals surface area contributed by atoms with E-state index in [1.807, 2.05) is 0 Å². The lowest BCUT2D eigenvalue weighted by atomic mass is 10.7. The maximum Gasteiger partial charge on any atom is 0.161 e. The van der Waals surface area contributed by atoms with Crippen LogP contribution in [0.5, 0.6) is 0 Å². The summed E-state index contributed by atoms with van der Waals surface area (Å²) in [5.41, 5.74) is 0. The van der Waals surface area contributed by atoms with Crippen molar-refractivity contribution in [3.05, 3.63) is 12.7 Å². The second-order valence-corrected chi connectivity index (χ2v) is 1.70. The molecular formula is C6H10O2. The predicted molar refractivity (Wildman–Crippen MR) is 30.5 cm³/mol. The molecule has 2 heteroatoms. The van der Waals surface area contributed by atoms with Crippen LogP contribution in [0.3, 0.4) is 0 Å². The summed E-state index contributed by atoms with van der Waals surface area (Å²) in [6.45, 7) is 5.03. The van der Waals surface area contributed by atoms with Gasteiger partial charge >= 0.3 is 0 Å². The monoisotopic (exact) mass is 116 g/mol. The summed E-state index contributed by atoms with van der Waals surface area (Å²) < 4.78 is 10.2. The van der Waals surface area contributed by atoms with Crippen molar-refractivity contribution in [3.8, 4) is 0 Å². The first kappa shape index (κ1) is 5.79. The summed E-state index contributed by atoms with van der Waals surface area (Å²) in [6, 6.07) is 0. The van der Waals surface area contributed by atoms with Crippen LogP contribution in [0.25, 0.3) is 0 Å². The van der Waals surface area contributed by atoms with E-state index in [0.29, 0.717) is 0 Å². The van der Waals surface area contributed by atoms with Gasteiger partial charge in [0.25, 0.3) is 0 Å². The van der Waals surface area contributed by atoms with Crippen LogP contribution < -0.4 is 0 Å². The Kier molecular flexibility index (Phi) is 2.06. The van der Waals surface area contributed by atoms with Gasteiger partial charge in [-0.25, -0.2) is 0 Å². The quantitative estimate of drug-likeness (QED) is 0.500. The summed E-state index contributed by atoms with van der Waals surface area (Å²) in [7, 11) is 0. The Bertz CT molecular complexity index is 74.6.